The maximum absolute atomic E-state index is 12.0. The zero-order valence-corrected chi connectivity index (χ0v) is 11.1. The molecule has 0 saturated carbocycles. The molecule has 0 spiro atoms. The largest absolute Gasteiger partial charge is 0.508 e. The number of ketones is 1. The van der Waals surface area contributed by atoms with Crippen molar-refractivity contribution in [3.63, 3.8) is 0 Å². The molecule has 1 aliphatic rings. The van der Waals surface area contributed by atoms with E-state index in [1.165, 1.54) is 28.6 Å². The van der Waals surface area contributed by atoms with Crippen molar-refractivity contribution in [1.82, 2.24) is 4.31 Å². The summed E-state index contributed by atoms with van der Waals surface area (Å²) in [4.78, 5) is 11.9. The van der Waals surface area contributed by atoms with E-state index in [4.69, 9.17) is 9.84 Å². The van der Waals surface area contributed by atoms with Crippen LogP contribution in [0.1, 0.15) is 10.4 Å². The van der Waals surface area contributed by atoms with Crippen molar-refractivity contribution < 1.29 is 23.1 Å². The number of ether oxygens (including phenoxy) is 1. The predicted molar refractivity (Wildman–Crippen MR) is 68.6 cm³/mol. The second-order valence-corrected chi connectivity index (χ2v) is 6.21. The number of aromatic hydroxyl groups is 1. The quantitative estimate of drug-likeness (QED) is 0.801. The molecule has 19 heavy (non-hydrogen) atoms. The number of phenols is 1. The molecule has 1 aromatic carbocycles. The van der Waals surface area contributed by atoms with E-state index < -0.39 is 21.6 Å². The molecule has 1 N–H and O–H groups in total. The molecule has 7 heteroatoms. The summed E-state index contributed by atoms with van der Waals surface area (Å²) >= 11 is 0. The number of phenolic OH excluding ortho intramolecular Hbond substituents is 1. The number of carbonyl (C=O) groups is 1. The van der Waals surface area contributed by atoms with E-state index in [2.05, 4.69) is 0 Å². The van der Waals surface area contributed by atoms with E-state index in [-0.39, 0.29) is 24.4 Å². The number of carbonyl (C=O) groups excluding carboxylic acids is 1. The third-order valence-electron chi connectivity index (χ3n) is 2.87. The van der Waals surface area contributed by atoms with Gasteiger partial charge in [0.05, 0.1) is 13.2 Å². The molecule has 0 radical (unpaired) electrons. The van der Waals surface area contributed by atoms with Crippen LogP contribution in [0.25, 0.3) is 0 Å². The fourth-order valence-corrected chi connectivity index (χ4v) is 3.20. The van der Waals surface area contributed by atoms with Crippen LogP contribution in [-0.2, 0) is 14.8 Å². The van der Waals surface area contributed by atoms with Crippen LogP contribution in [0.3, 0.4) is 0 Å². The van der Waals surface area contributed by atoms with Crippen molar-refractivity contribution in [3.8, 4) is 5.75 Å². The van der Waals surface area contributed by atoms with E-state index in [9.17, 15) is 13.2 Å². The van der Waals surface area contributed by atoms with Gasteiger partial charge in [-0.1, -0.05) is 0 Å². The molecule has 1 aliphatic heterocycles. The Bertz CT molecular complexity index is 546. The Hall–Kier alpha value is -1.44. The summed E-state index contributed by atoms with van der Waals surface area (Å²) in [5, 5.41) is 9.12. The minimum Gasteiger partial charge on any atom is -0.508 e. The lowest BCUT2D eigenvalue weighted by Crippen LogP contribution is -2.43. The van der Waals surface area contributed by atoms with Crippen LogP contribution in [0.5, 0.6) is 5.75 Å². The summed E-state index contributed by atoms with van der Waals surface area (Å²) < 4.78 is 30.4. The number of hydrogen-bond donors (Lipinski definition) is 1. The number of morpholine rings is 1. The highest BCUT2D eigenvalue weighted by molar-refractivity contribution is 7.89. The fourth-order valence-electron chi connectivity index (χ4n) is 1.81. The van der Waals surface area contributed by atoms with Gasteiger partial charge in [0.1, 0.15) is 11.5 Å². The zero-order chi connectivity index (χ0) is 13.9. The van der Waals surface area contributed by atoms with Gasteiger partial charge in [0.25, 0.3) is 0 Å². The standard InChI is InChI=1S/C12H15NO5S/c14-11-3-1-10(2-4-11)12(15)9-19(16,17)13-5-7-18-8-6-13/h1-4,14H,5-9H2. The van der Waals surface area contributed by atoms with Crippen molar-refractivity contribution in [3.05, 3.63) is 29.8 Å². The van der Waals surface area contributed by atoms with Crippen molar-refractivity contribution in [2.24, 2.45) is 0 Å². The van der Waals surface area contributed by atoms with Crippen molar-refractivity contribution in [2.45, 2.75) is 0 Å². The second kappa shape index (κ2) is 5.68. The summed E-state index contributed by atoms with van der Waals surface area (Å²) in [5.41, 5.74) is 0.273. The first-order valence-electron chi connectivity index (χ1n) is 5.87. The number of benzene rings is 1. The van der Waals surface area contributed by atoms with E-state index in [1.54, 1.807) is 0 Å². The van der Waals surface area contributed by atoms with Crippen molar-refractivity contribution in [1.29, 1.82) is 0 Å². The second-order valence-electron chi connectivity index (χ2n) is 4.24. The molecule has 1 aromatic rings. The summed E-state index contributed by atoms with van der Waals surface area (Å²) in [5.74, 6) is -1.00. The number of hydrogen-bond acceptors (Lipinski definition) is 5. The topological polar surface area (TPSA) is 83.9 Å². The van der Waals surface area contributed by atoms with Gasteiger partial charge in [-0.05, 0) is 24.3 Å². The Kier molecular flexibility index (Phi) is 4.18. The van der Waals surface area contributed by atoms with Crippen LogP contribution >= 0.6 is 0 Å². The highest BCUT2D eigenvalue weighted by Crippen LogP contribution is 2.13. The highest BCUT2D eigenvalue weighted by atomic mass is 32.2. The van der Waals surface area contributed by atoms with E-state index in [0.29, 0.717) is 13.2 Å². The summed E-state index contributed by atoms with van der Waals surface area (Å²) in [6.45, 7) is 1.27. The van der Waals surface area contributed by atoms with Gasteiger partial charge in [-0.2, -0.15) is 4.31 Å². The highest BCUT2D eigenvalue weighted by Gasteiger charge is 2.27. The van der Waals surface area contributed by atoms with Crippen LogP contribution in [-0.4, -0.2) is 55.7 Å². The third kappa shape index (κ3) is 3.52. The Labute approximate surface area is 111 Å². The third-order valence-corrected chi connectivity index (χ3v) is 4.65. The molecular formula is C12H15NO5S. The average Bonchev–Trinajstić information content (AvgIpc) is 2.40. The molecule has 1 fully saturated rings. The minimum atomic E-state index is -3.60. The van der Waals surface area contributed by atoms with Crippen LogP contribution in [0.2, 0.25) is 0 Å². The molecule has 0 unspecified atom stereocenters. The first-order valence-corrected chi connectivity index (χ1v) is 7.48. The number of nitrogens with zero attached hydrogens (tertiary/aromatic N) is 1. The van der Waals surface area contributed by atoms with Crippen LogP contribution in [0.15, 0.2) is 24.3 Å². The molecule has 0 aliphatic carbocycles. The summed E-state index contributed by atoms with van der Waals surface area (Å²) in [6.07, 6.45) is 0. The van der Waals surface area contributed by atoms with Gasteiger partial charge in [-0.15, -0.1) is 0 Å². The van der Waals surface area contributed by atoms with Crippen LogP contribution in [0, 0.1) is 0 Å². The number of sulfonamides is 1. The first kappa shape index (κ1) is 14.0. The Morgan fingerprint density at radius 2 is 1.79 bits per heavy atom. The van der Waals surface area contributed by atoms with Gasteiger partial charge in [-0.3, -0.25) is 4.79 Å². The van der Waals surface area contributed by atoms with Gasteiger partial charge >= 0.3 is 0 Å². The van der Waals surface area contributed by atoms with E-state index in [1.807, 2.05) is 0 Å². The first-order chi connectivity index (χ1) is 8.99. The molecule has 6 nitrogen and oxygen atoms in total. The van der Waals surface area contributed by atoms with Gasteiger partial charge in [-0.25, -0.2) is 8.42 Å². The molecule has 104 valence electrons. The molecular weight excluding hydrogens is 270 g/mol. The lowest BCUT2D eigenvalue weighted by molar-refractivity contribution is 0.0727. The van der Waals surface area contributed by atoms with Gasteiger partial charge in [0.15, 0.2) is 5.78 Å². The average molecular weight is 285 g/mol. The monoisotopic (exact) mass is 285 g/mol. The predicted octanol–water partition coefficient (Wildman–Crippen LogP) is 0.237. The van der Waals surface area contributed by atoms with E-state index >= 15 is 0 Å². The van der Waals surface area contributed by atoms with Gasteiger partial charge in [0, 0.05) is 18.7 Å². The maximum Gasteiger partial charge on any atom is 0.221 e. The van der Waals surface area contributed by atoms with E-state index in [0.717, 1.165) is 0 Å². The molecule has 0 amide bonds. The van der Waals surface area contributed by atoms with Crippen molar-refractivity contribution in [2.75, 3.05) is 32.1 Å². The molecule has 1 heterocycles. The zero-order valence-electron chi connectivity index (χ0n) is 10.3. The van der Waals surface area contributed by atoms with Gasteiger partial charge < -0.3 is 9.84 Å². The normalized spacial score (nSPS) is 17.3. The van der Waals surface area contributed by atoms with Gasteiger partial charge in [0.2, 0.25) is 10.0 Å². The number of Topliss-reactive ketones (excluding diaryl/α,β-unsaturated/α-hetero) is 1. The Balaban J connectivity index is 2.07. The minimum absolute atomic E-state index is 0.0348. The Morgan fingerprint density at radius 3 is 2.37 bits per heavy atom. The molecule has 0 atom stereocenters. The molecule has 1 saturated heterocycles. The Morgan fingerprint density at radius 1 is 1.21 bits per heavy atom. The number of rotatable bonds is 4. The maximum atomic E-state index is 12.0. The van der Waals surface area contributed by atoms with Crippen molar-refractivity contribution >= 4 is 15.8 Å². The molecule has 2 rings (SSSR count). The summed E-state index contributed by atoms with van der Waals surface area (Å²) in [6, 6.07) is 5.53. The SMILES string of the molecule is O=C(CS(=O)(=O)N1CCOCC1)c1ccc(O)cc1. The van der Waals surface area contributed by atoms with Crippen LogP contribution in [0.4, 0.5) is 0 Å². The fraction of sp³-hybridized carbons (Fsp3) is 0.417. The molecule has 0 aromatic heterocycles. The smallest absolute Gasteiger partial charge is 0.221 e. The summed E-state index contributed by atoms with van der Waals surface area (Å²) in [7, 11) is -3.60. The molecule has 0 bridgehead atoms. The van der Waals surface area contributed by atoms with Crippen LogP contribution < -0.4 is 0 Å². The lowest BCUT2D eigenvalue weighted by Gasteiger charge is -2.25. The lowest BCUT2D eigenvalue weighted by atomic mass is 10.1.